The first-order valence-corrected chi connectivity index (χ1v) is 16.5. The van der Waals surface area contributed by atoms with E-state index >= 15 is 0 Å². The number of aliphatic hydroxyl groups is 1. The molecule has 1 aromatic carbocycles. The largest absolute Gasteiger partial charge is 0.455 e. The first-order chi connectivity index (χ1) is 21.7. The fraction of sp³-hybridized carbons (Fsp3) is 0.600. The maximum Gasteiger partial charge on any atom is 0.313 e. The molecule has 4 aliphatic heterocycles. The molecule has 0 radical (unpaired) electrons. The molecule has 10 nitrogen and oxygen atoms in total. The van der Waals surface area contributed by atoms with Crippen LogP contribution in [0.5, 0.6) is 0 Å². The van der Waals surface area contributed by atoms with Crippen molar-refractivity contribution in [1.29, 1.82) is 0 Å². The van der Waals surface area contributed by atoms with Gasteiger partial charge in [-0.05, 0) is 31.2 Å². The van der Waals surface area contributed by atoms with Gasteiger partial charge in [0, 0.05) is 19.5 Å². The minimum absolute atomic E-state index is 0.107. The summed E-state index contributed by atoms with van der Waals surface area (Å²) in [5, 5.41) is 13.6. The Morgan fingerprint density at radius 3 is 2.53 bits per heavy atom. The predicted molar refractivity (Wildman–Crippen MR) is 167 cm³/mol. The van der Waals surface area contributed by atoms with Crippen molar-refractivity contribution in [1.82, 2.24) is 15.1 Å². The fourth-order valence-corrected chi connectivity index (χ4v) is 7.38. The lowest BCUT2D eigenvalue weighted by atomic mass is 9.74. The van der Waals surface area contributed by atoms with Crippen molar-refractivity contribution in [3.05, 3.63) is 60.2 Å². The van der Waals surface area contributed by atoms with Crippen LogP contribution < -0.4 is 5.32 Å². The number of carbonyl (C=O) groups excluding carboxylic acids is 4. The van der Waals surface area contributed by atoms with E-state index in [9.17, 15) is 24.3 Å². The summed E-state index contributed by atoms with van der Waals surface area (Å²) in [6.07, 6.45) is 8.81. The van der Waals surface area contributed by atoms with E-state index in [1.807, 2.05) is 63.3 Å². The number of nitrogens with one attached hydrogen (secondary N) is 1. The van der Waals surface area contributed by atoms with Gasteiger partial charge < -0.3 is 29.7 Å². The molecule has 2 N–H and O–H groups in total. The highest BCUT2D eigenvalue weighted by Gasteiger charge is 2.74. The highest BCUT2D eigenvalue weighted by atomic mass is 16.6. The van der Waals surface area contributed by atoms with E-state index in [0.717, 1.165) is 12.8 Å². The smallest absolute Gasteiger partial charge is 0.313 e. The molecule has 5 bridgehead atoms. The maximum absolute atomic E-state index is 14.7. The van der Waals surface area contributed by atoms with E-state index in [1.165, 1.54) is 4.90 Å². The molecule has 10 heteroatoms. The molecule has 3 amide bonds. The zero-order valence-corrected chi connectivity index (χ0v) is 26.8. The van der Waals surface area contributed by atoms with Crippen LogP contribution in [-0.4, -0.2) is 88.1 Å². The summed E-state index contributed by atoms with van der Waals surface area (Å²) in [5.74, 6) is -3.55. The van der Waals surface area contributed by atoms with Crippen LogP contribution in [0.2, 0.25) is 0 Å². The first kappa shape index (κ1) is 32.9. The number of unbranched alkanes of at least 4 members (excludes halogenated alkanes) is 1. The molecule has 1 aromatic rings. The number of nitrogens with zero attached hydrogens (tertiary/aromatic N) is 2. The van der Waals surface area contributed by atoms with E-state index < -0.39 is 53.7 Å². The Labute approximate surface area is 265 Å². The number of likely N-dealkylation sites (tertiary alicyclic amines) is 1. The van der Waals surface area contributed by atoms with Crippen molar-refractivity contribution < 1.29 is 33.8 Å². The third-order valence-corrected chi connectivity index (χ3v) is 10.0. The van der Waals surface area contributed by atoms with Crippen molar-refractivity contribution in [2.45, 2.75) is 95.7 Å². The Kier molecular flexibility index (Phi) is 10.1. The maximum atomic E-state index is 14.7. The van der Waals surface area contributed by atoms with E-state index in [2.05, 4.69) is 5.32 Å². The second-order valence-corrected chi connectivity index (χ2v) is 12.9. The molecular weight excluding hydrogens is 574 g/mol. The summed E-state index contributed by atoms with van der Waals surface area (Å²) in [7, 11) is 0. The number of esters is 1. The molecule has 0 saturated carbocycles. The summed E-state index contributed by atoms with van der Waals surface area (Å²) >= 11 is 0. The molecule has 2 saturated heterocycles. The summed E-state index contributed by atoms with van der Waals surface area (Å²) < 4.78 is 12.7. The van der Waals surface area contributed by atoms with Gasteiger partial charge in [0.25, 0.3) is 0 Å². The van der Waals surface area contributed by atoms with Gasteiger partial charge in [0.15, 0.2) is 0 Å². The van der Waals surface area contributed by atoms with Crippen molar-refractivity contribution in [3.63, 3.8) is 0 Å². The summed E-state index contributed by atoms with van der Waals surface area (Å²) in [4.78, 5) is 59.6. The number of ether oxygens (including phenoxy) is 2. The third kappa shape index (κ3) is 6.06. The lowest BCUT2D eigenvalue weighted by molar-refractivity contribution is -0.162. The molecule has 0 unspecified atom stereocenters. The van der Waals surface area contributed by atoms with Gasteiger partial charge in [0.2, 0.25) is 17.7 Å². The number of carbonyl (C=O) groups is 4. The van der Waals surface area contributed by atoms with Gasteiger partial charge in [-0.15, -0.1) is 0 Å². The van der Waals surface area contributed by atoms with Gasteiger partial charge in [-0.3, -0.25) is 19.2 Å². The Morgan fingerprint density at radius 2 is 1.84 bits per heavy atom. The zero-order valence-electron chi connectivity index (χ0n) is 26.8. The summed E-state index contributed by atoms with van der Waals surface area (Å²) in [5.41, 5.74) is -0.657. The molecule has 4 heterocycles. The number of fused-ring (bicyclic) bond motifs is 2. The van der Waals surface area contributed by atoms with Crippen LogP contribution in [0, 0.1) is 17.8 Å². The molecule has 244 valence electrons. The van der Waals surface area contributed by atoms with E-state index in [0.29, 0.717) is 31.5 Å². The zero-order chi connectivity index (χ0) is 32.3. The van der Waals surface area contributed by atoms with Crippen molar-refractivity contribution >= 4 is 23.7 Å². The summed E-state index contributed by atoms with van der Waals surface area (Å²) in [6.45, 7) is 8.24. The van der Waals surface area contributed by atoms with Gasteiger partial charge >= 0.3 is 5.97 Å². The minimum atomic E-state index is -1.37. The highest BCUT2D eigenvalue weighted by Crippen LogP contribution is 2.56. The molecule has 1 spiro atoms. The molecule has 0 aromatic heterocycles. The quantitative estimate of drug-likeness (QED) is 0.337. The summed E-state index contributed by atoms with van der Waals surface area (Å²) in [6, 6.07) is 6.98. The lowest BCUT2D eigenvalue weighted by Crippen LogP contribution is -2.59. The first-order valence-electron chi connectivity index (χ1n) is 16.5. The molecule has 45 heavy (non-hydrogen) atoms. The van der Waals surface area contributed by atoms with Crippen LogP contribution >= 0.6 is 0 Å². The number of benzene rings is 1. The van der Waals surface area contributed by atoms with Gasteiger partial charge in [0.05, 0.1) is 30.7 Å². The topological polar surface area (TPSA) is 125 Å². The predicted octanol–water partition coefficient (Wildman–Crippen LogP) is 3.31. The molecule has 4 aliphatic rings. The monoisotopic (exact) mass is 621 g/mol. The van der Waals surface area contributed by atoms with E-state index in [-0.39, 0.29) is 36.7 Å². The van der Waals surface area contributed by atoms with Gasteiger partial charge in [-0.2, -0.15) is 0 Å². The number of rotatable bonds is 8. The standard InChI is InChI=1S/C35H47N3O7/c1-5-7-19-37-20-13-9-12-16-27(40)36-23(4)30(24-14-10-8-11-15-24)44-34(43)28-26-17-18-35(45-26)29(28)32(41)38(31(35)33(37)42)25(21-39)22(3)6-2/h8-11,13-15,17-18,22-23,25-26,28-31,39H,5-7,12,16,19-21H2,1-4H3,(H,36,40)/b13-9-/t22-,23-,25-,26+,28-,29-,30+,31+,35-/m0/s1. The molecule has 5 rings (SSSR count). The van der Waals surface area contributed by atoms with Crippen molar-refractivity contribution in [3.8, 4) is 0 Å². The Bertz CT molecular complexity index is 1320. The number of amides is 3. The Hall–Kier alpha value is -3.50. The minimum Gasteiger partial charge on any atom is -0.455 e. The van der Waals surface area contributed by atoms with E-state index in [4.69, 9.17) is 9.47 Å². The number of aliphatic hydroxyl groups excluding tert-OH is 1. The van der Waals surface area contributed by atoms with Crippen molar-refractivity contribution in [2.75, 3.05) is 19.7 Å². The number of cyclic esters (lactones) is 1. The number of hydrogen-bond acceptors (Lipinski definition) is 7. The normalized spacial score (nSPS) is 34.0. The molecular formula is C35H47N3O7. The van der Waals surface area contributed by atoms with Crippen LogP contribution in [0.15, 0.2) is 54.6 Å². The number of hydrogen-bond donors (Lipinski definition) is 2. The molecule has 9 atom stereocenters. The number of allylic oxidation sites excluding steroid dienone is 1. The highest BCUT2D eigenvalue weighted by molar-refractivity contribution is 5.99. The lowest BCUT2D eigenvalue weighted by Gasteiger charge is -2.40. The van der Waals surface area contributed by atoms with Crippen molar-refractivity contribution in [2.24, 2.45) is 17.8 Å². The van der Waals surface area contributed by atoms with Crippen LogP contribution in [-0.2, 0) is 28.7 Å². The van der Waals surface area contributed by atoms with Gasteiger partial charge in [-0.1, -0.05) is 88.2 Å². The third-order valence-electron chi connectivity index (χ3n) is 10.0. The average Bonchev–Trinajstić information content (AvgIpc) is 3.68. The molecule has 0 aliphatic carbocycles. The van der Waals surface area contributed by atoms with Crippen LogP contribution in [0.1, 0.15) is 71.5 Å². The SMILES string of the molecule is CCCCN1C/C=C\CCC(=O)N[C@@H](C)[C@H](c2ccccc2)OC(=O)[C@@H]2[C@H]3C(=O)N([C@@H](CO)[C@@H](C)CC)[C@H](C1=O)[C@]31C=C[C@H]2O1. The second-order valence-electron chi connectivity index (χ2n) is 12.9. The average molecular weight is 622 g/mol. The molecule has 2 fully saturated rings. The van der Waals surface area contributed by atoms with Crippen LogP contribution in [0.4, 0.5) is 0 Å². The van der Waals surface area contributed by atoms with Crippen LogP contribution in [0.25, 0.3) is 0 Å². The van der Waals surface area contributed by atoms with Crippen LogP contribution in [0.3, 0.4) is 0 Å². The second kappa shape index (κ2) is 13.9. The van der Waals surface area contributed by atoms with Gasteiger partial charge in [0.1, 0.15) is 23.7 Å². The Balaban J connectivity index is 1.61. The van der Waals surface area contributed by atoms with Gasteiger partial charge in [-0.25, -0.2) is 0 Å². The van der Waals surface area contributed by atoms with E-state index in [1.54, 1.807) is 24.0 Å². The fourth-order valence-electron chi connectivity index (χ4n) is 7.38. The Morgan fingerprint density at radius 1 is 1.09 bits per heavy atom.